The highest BCUT2D eigenvalue weighted by molar-refractivity contribution is 7.02. The summed E-state index contributed by atoms with van der Waals surface area (Å²) >= 11 is 0. The van der Waals surface area contributed by atoms with Crippen LogP contribution in [0.3, 0.4) is 0 Å². The number of benzene rings is 16. The van der Waals surface area contributed by atoms with E-state index in [2.05, 4.69) is 430 Å². The summed E-state index contributed by atoms with van der Waals surface area (Å²) < 4.78 is 8.18. The second kappa shape index (κ2) is 25.7. The number of fused-ring (bicyclic) bond motifs is 14. The number of anilines is 9. The molecule has 554 valence electrons. The molecule has 16 aromatic rings. The lowest BCUT2D eigenvalue weighted by atomic mass is 9.30. The van der Waals surface area contributed by atoms with Gasteiger partial charge in [-0.2, -0.15) is 0 Å². The Morgan fingerprint density at radius 3 is 1.05 bits per heavy atom. The van der Waals surface area contributed by atoms with Gasteiger partial charge in [-0.3, -0.25) is 0 Å². The first-order valence-corrected chi connectivity index (χ1v) is 41.3. The monoisotopic (exact) mass is 1490 g/mol. The van der Waals surface area contributed by atoms with Crippen molar-refractivity contribution in [2.45, 2.75) is 90.9 Å². The SMILES string of the molecule is CC(C)(C)c1cc(-c2ccccc2)c(N2c3ccccc3B3c4cc5c(cc4N(c4c(-c6ccccc6)cc(C(C)(C)C)cc4-c4ccccc4)c4cc(-c6cccc7c6C(C)(C)c6ccccc6-7)cc2c43)Oc2cc(-c3cccc4c3C(C)(C)c3ccccc3-4)cc3c2B5c2ccccc2N3c2ccccc2)c(-c2ccccc2)c1. The molecule has 0 atom stereocenters. The fourth-order valence-electron chi connectivity index (χ4n) is 20.9. The minimum absolute atomic E-state index is 0.204. The van der Waals surface area contributed by atoms with E-state index >= 15 is 0 Å². The van der Waals surface area contributed by atoms with Gasteiger partial charge in [-0.25, -0.2) is 0 Å². The Morgan fingerprint density at radius 2 is 0.603 bits per heavy atom. The van der Waals surface area contributed by atoms with Crippen LogP contribution in [0, 0.1) is 0 Å². The summed E-state index contributed by atoms with van der Waals surface area (Å²) in [5.74, 6) is 1.69. The van der Waals surface area contributed by atoms with Crippen LogP contribution >= 0.6 is 0 Å². The minimum atomic E-state index is -0.353. The maximum atomic E-state index is 8.18. The number of ether oxygens (including phenoxy) is 1. The summed E-state index contributed by atoms with van der Waals surface area (Å²) in [6, 6.07) is 132. The number of rotatable bonds is 9. The number of hydrogen-bond donors (Lipinski definition) is 0. The molecule has 6 aliphatic rings. The topological polar surface area (TPSA) is 19.0 Å². The molecule has 0 spiro atoms. The molecule has 0 radical (unpaired) electrons. The van der Waals surface area contributed by atoms with E-state index in [1.165, 1.54) is 99.7 Å². The maximum absolute atomic E-state index is 8.18. The summed E-state index contributed by atoms with van der Waals surface area (Å²) in [5, 5.41) is 0. The van der Waals surface area contributed by atoms with Crippen molar-refractivity contribution in [2.75, 3.05) is 14.7 Å². The lowest BCUT2D eigenvalue weighted by Gasteiger charge is -2.47. The van der Waals surface area contributed by atoms with Gasteiger partial charge in [-0.15, -0.1) is 0 Å². The molecule has 4 nitrogen and oxygen atoms in total. The van der Waals surface area contributed by atoms with Crippen LogP contribution in [0.1, 0.15) is 103 Å². The molecule has 0 aromatic heterocycles. The van der Waals surface area contributed by atoms with Crippen molar-refractivity contribution >= 4 is 97.4 Å². The molecule has 6 heteroatoms. The third-order valence-corrected chi connectivity index (χ3v) is 26.3. The fraction of sp³-hybridized carbons (Fsp3) is 0.127. The molecule has 4 heterocycles. The molecular weight excluding hydrogens is 1400 g/mol. The molecule has 0 saturated heterocycles. The van der Waals surface area contributed by atoms with E-state index in [0.717, 1.165) is 118 Å². The highest BCUT2D eigenvalue weighted by Gasteiger charge is 2.51. The lowest BCUT2D eigenvalue weighted by Crippen LogP contribution is -2.64. The standard InChI is InChI=1S/C110H87B2N3O/c1-107(2,3)74-62-83(68-36-16-11-17-37-68)105(84(63-74)69-38-18-12-19-39-69)114-94-57-33-31-55-90(94)111-91-66-92-99(116-100-61-73(78-49-35-51-82-80-47-27-29-53-88(80)110(9,10)102(78)82)60-98-104(100)112(92)89-54-30-32-56-93(89)113(98)76-44-24-15-25-45-76)67-95(91)115(106-85(70-40-20-13-21-41-70)64-75(108(4,5)6)65-86(106)71-42-22-14-23-43-71)97-59-72(58-96(114)103(97)111)77-48-34-50-81-79-46-26-28-52-87(79)109(7,8)101(77)81/h11-67H,1-10H3. The zero-order valence-electron chi connectivity index (χ0n) is 67.3. The molecule has 0 fully saturated rings. The largest absolute Gasteiger partial charge is 0.458 e. The van der Waals surface area contributed by atoms with Gasteiger partial charge >= 0.3 is 0 Å². The molecule has 116 heavy (non-hydrogen) atoms. The molecule has 4 aliphatic heterocycles. The van der Waals surface area contributed by atoms with Crippen LogP contribution in [0.2, 0.25) is 0 Å². The molecule has 2 aliphatic carbocycles. The zero-order chi connectivity index (χ0) is 78.4. The van der Waals surface area contributed by atoms with E-state index in [4.69, 9.17) is 4.74 Å². The maximum Gasteiger partial charge on any atom is 0.256 e. The Labute approximate surface area is 682 Å². The summed E-state index contributed by atoms with van der Waals surface area (Å²) in [4.78, 5) is 7.97. The molecular formula is C110H87B2N3O. The molecule has 22 rings (SSSR count). The van der Waals surface area contributed by atoms with Crippen molar-refractivity contribution < 1.29 is 4.74 Å². The molecule has 0 saturated carbocycles. The second-order valence-electron chi connectivity index (χ2n) is 35.8. The van der Waals surface area contributed by atoms with E-state index in [0.29, 0.717) is 0 Å². The van der Waals surface area contributed by atoms with Crippen LogP contribution in [0.25, 0.3) is 89.0 Å². The summed E-state index contributed by atoms with van der Waals surface area (Å²) in [6.45, 7) is 23.3. The predicted octanol–water partition coefficient (Wildman–Crippen LogP) is 25.4. The first-order valence-electron chi connectivity index (χ1n) is 41.3. The first-order chi connectivity index (χ1) is 56.4. The third-order valence-electron chi connectivity index (χ3n) is 26.3. The molecule has 0 amide bonds. The van der Waals surface area contributed by atoms with Crippen LogP contribution < -0.4 is 52.2 Å². The minimum Gasteiger partial charge on any atom is -0.458 e. The van der Waals surface area contributed by atoms with Gasteiger partial charge in [0.25, 0.3) is 13.4 Å². The first kappa shape index (κ1) is 69.6. The van der Waals surface area contributed by atoms with Gasteiger partial charge in [0.15, 0.2) is 0 Å². The second-order valence-corrected chi connectivity index (χ2v) is 35.8. The van der Waals surface area contributed by atoms with Gasteiger partial charge in [0.05, 0.1) is 11.4 Å². The van der Waals surface area contributed by atoms with E-state index in [9.17, 15) is 0 Å². The smallest absolute Gasteiger partial charge is 0.256 e. The third kappa shape index (κ3) is 10.4. The van der Waals surface area contributed by atoms with Crippen LogP contribution in [-0.4, -0.2) is 13.4 Å². The Bertz CT molecular complexity index is 6650. The van der Waals surface area contributed by atoms with E-state index in [1.807, 2.05) is 0 Å². The quantitative estimate of drug-likeness (QED) is 0.134. The Morgan fingerprint density at radius 1 is 0.250 bits per heavy atom. The van der Waals surface area contributed by atoms with Crippen LogP contribution in [-0.2, 0) is 21.7 Å². The summed E-state index contributed by atoms with van der Waals surface area (Å²) in [5.41, 5.74) is 43.0. The van der Waals surface area contributed by atoms with Crippen molar-refractivity contribution in [1.82, 2.24) is 0 Å². The Balaban J connectivity index is 0.899. The van der Waals surface area contributed by atoms with Gasteiger partial charge in [0, 0.05) is 79.0 Å². The zero-order valence-corrected chi connectivity index (χ0v) is 67.3. The summed E-state index contributed by atoms with van der Waals surface area (Å²) in [6.07, 6.45) is 0. The van der Waals surface area contributed by atoms with Crippen molar-refractivity contribution in [3.63, 3.8) is 0 Å². The average molecular weight is 1490 g/mol. The van der Waals surface area contributed by atoms with Crippen molar-refractivity contribution in [3.05, 3.63) is 379 Å². The van der Waals surface area contributed by atoms with Crippen molar-refractivity contribution in [1.29, 1.82) is 0 Å². The molecule has 16 aromatic carbocycles. The van der Waals surface area contributed by atoms with Crippen molar-refractivity contribution in [3.8, 4) is 101 Å². The number of hydrogen-bond acceptors (Lipinski definition) is 4. The van der Waals surface area contributed by atoms with E-state index in [1.54, 1.807) is 0 Å². The number of para-hydroxylation sites is 3. The van der Waals surface area contributed by atoms with Crippen LogP contribution in [0.5, 0.6) is 11.5 Å². The predicted molar refractivity (Wildman–Crippen MR) is 491 cm³/mol. The van der Waals surface area contributed by atoms with Gasteiger partial charge in [0.2, 0.25) is 0 Å². The lowest BCUT2D eigenvalue weighted by molar-refractivity contribution is 0.488. The normalized spacial score (nSPS) is 14.4. The fourth-order valence-corrected chi connectivity index (χ4v) is 20.9. The Hall–Kier alpha value is -13.2. The van der Waals surface area contributed by atoms with Gasteiger partial charge in [0.1, 0.15) is 11.5 Å². The molecule has 0 bridgehead atoms. The van der Waals surface area contributed by atoms with Crippen LogP contribution in [0.15, 0.2) is 346 Å². The van der Waals surface area contributed by atoms with E-state index < -0.39 is 0 Å². The van der Waals surface area contributed by atoms with E-state index in [-0.39, 0.29) is 35.1 Å². The molecule has 0 unspecified atom stereocenters. The Kier molecular flexibility index (Phi) is 15.4. The average Bonchev–Trinajstić information content (AvgIpc) is 0.884. The number of nitrogens with zero attached hydrogens (tertiary/aromatic N) is 3. The molecule has 0 N–H and O–H groups in total. The van der Waals surface area contributed by atoms with Gasteiger partial charge < -0.3 is 19.4 Å². The highest BCUT2D eigenvalue weighted by Crippen LogP contribution is 2.60. The van der Waals surface area contributed by atoms with Crippen molar-refractivity contribution in [2.24, 2.45) is 0 Å². The van der Waals surface area contributed by atoms with Gasteiger partial charge in [-0.1, -0.05) is 336 Å². The summed E-state index contributed by atoms with van der Waals surface area (Å²) in [7, 11) is 0. The highest BCUT2D eigenvalue weighted by atomic mass is 16.5. The van der Waals surface area contributed by atoms with Gasteiger partial charge in [-0.05, 0) is 217 Å². The van der Waals surface area contributed by atoms with Crippen LogP contribution in [0.4, 0.5) is 51.2 Å².